The number of halogens is 1. The second-order valence-electron chi connectivity index (χ2n) is 17.5. The van der Waals surface area contributed by atoms with Crippen molar-refractivity contribution in [3.05, 3.63) is 119 Å². The number of benzene rings is 2. The first-order valence-corrected chi connectivity index (χ1v) is 22.5. The number of carbonyl (C=O) groups is 2. The molecule has 4 aromatic rings. The van der Waals surface area contributed by atoms with Crippen LogP contribution in [-0.2, 0) is 35.6 Å². The van der Waals surface area contributed by atoms with E-state index in [0.717, 1.165) is 54.3 Å². The highest BCUT2D eigenvalue weighted by molar-refractivity contribution is 6.04. The van der Waals surface area contributed by atoms with E-state index in [-0.39, 0.29) is 41.2 Å². The average Bonchev–Trinajstić information content (AvgIpc) is 3.56. The van der Waals surface area contributed by atoms with Gasteiger partial charge in [0, 0.05) is 92.7 Å². The average molecular weight is 883 g/mol. The van der Waals surface area contributed by atoms with Crippen LogP contribution in [0, 0.1) is 5.82 Å². The lowest BCUT2D eigenvalue weighted by molar-refractivity contribution is -0.120. The van der Waals surface area contributed by atoms with Crippen LogP contribution in [0.3, 0.4) is 0 Å². The molecule has 2 aromatic heterocycles. The van der Waals surface area contributed by atoms with Crippen molar-refractivity contribution in [3.63, 3.8) is 0 Å². The topological polar surface area (TPSA) is 143 Å². The lowest BCUT2D eigenvalue weighted by Crippen LogP contribution is -2.60. The van der Waals surface area contributed by atoms with E-state index in [1.807, 2.05) is 35.4 Å². The van der Waals surface area contributed by atoms with E-state index in [9.17, 15) is 14.0 Å². The van der Waals surface area contributed by atoms with Crippen LogP contribution in [0.2, 0.25) is 0 Å². The van der Waals surface area contributed by atoms with Crippen molar-refractivity contribution in [3.8, 4) is 0 Å². The van der Waals surface area contributed by atoms with Crippen LogP contribution >= 0.6 is 0 Å². The number of fused-ring (bicyclic) bond motifs is 1. The second-order valence-corrected chi connectivity index (χ2v) is 17.5. The number of aromatic nitrogens is 2. The summed E-state index contributed by atoms with van der Waals surface area (Å²) in [6, 6.07) is 20.3. The molecule has 2 amide bonds. The molecule has 3 N–H and O–H groups in total. The molecule has 0 unspecified atom stereocenters. The van der Waals surface area contributed by atoms with Gasteiger partial charge in [0.25, 0.3) is 5.91 Å². The first-order valence-electron chi connectivity index (χ1n) is 22.5. The predicted octanol–water partition coefficient (Wildman–Crippen LogP) is 5.09. The third-order valence-corrected chi connectivity index (χ3v) is 11.7. The van der Waals surface area contributed by atoms with Crippen LogP contribution in [-0.4, -0.2) is 149 Å². The van der Waals surface area contributed by atoms with Gasteiger partial charge in [0.05, 0.1) is 70.8 Å². The van der Waals surface area contributed by atoms with Crippen LogP contribution < -0.4 is 20.9 Å². The zero-order valence-corrected chi connectivity index (χ0v) is 38.2. The van der Waals surface area contributed by atoms with Gasteiger partial charge in [-0.15, -0.1) is 0 Å². The molecule has 0 bridgehead atoms. The molecule has 2 aromatic carbocycles. The fourth-order valence-electron chi connectivity index (χ4n) is 8.06. The van der Waals surface area contributed by atoms with Gasteiger partial charge >= 0.3 is 0 Å². The van der Waals surface area contributed by atoms with Crippen molar-refractivity contribution >= 4 is 23.2 Å². The molecular weight excluding hydrogens is 816 g/mol. The number of hydrogen-bond acceptors (Lipinski definition) is 12. The maximum atomic E-state index is 14.1. The smallest absolute Gasteiger partial charge is 0.255 e. The second kappa shape index (κ2) is 24.5. The Hall–Kier alpha value is -4.71. The number of amides is 2. The molecule has 14 nitrogen and oxygen atoms in total. The van der Waals surface area contributed by atoms with E-state index in [4.69, 9.17) is 23.9 Å². The van der Waals surface area contributed by atoms with Crippen LogP contribution in [0.5, 0.6) is 0 Å². The molecule has 64 heavy (non-hydrogen) atoms. The maximum Gasteiger partial charge on any atom is 0.255 e. The predicted molar refractivity (Wildman–Crippen MR) is 247 cm³/mol. The third kappa shape index (κ3) is 14.9. The number of ether oxygens (including phenoxy) is 4. The maximum absolute atomic E-state index is 14.1. The molecule has 15 heteroatoms. The summed E-state index contributed by atoms with van der Waals surface area (Å²) in [5.74, 6) is -0.332. The summed E-state index contributed by atoms with van der Waals surface area (Å²) in [6.07, 6.45) is 5.79. The minimum absolute atomic E-state index is 0.0813. The largest absolute Gasteiger partial charge is 0.378 e. The summed E-state index contributed by atoms with van der Waals surface area (Å²) in [5, 5.41) is 9.92. The highest BCUT2D eigenvalue weighted by Crippen LogP contribution is 2.40. The Labute approximate surface area is 378 Å². The number of carbonyl (C=O) groups excluding carboxylic acids is 2. The highest BCUT2D eigenvalue weighted by atomic mass is 19.1. The Morgan fingerprint density at radius 1 is 0.906 bits per heavy atom. The molecule has 3 atom stereocenters. The number of nitrogens with zero attached hydrogens (tertiary/aromatic N) is 5. The highest BCUT2D eigenvalue weighted by Gasteiger charge is 2.40. The van der Waals surface area contributed by atoms with Crippen molar-refractivity contribution in [2.75, 3.05) is 116 Å². The molecule has 4 heterocycles. The fraction of sp³-hybridized carbons (Fsp3) is 0.510. The summed E-state index contributed by atoms with van der Waals surface area (Å²) in [6.45, 7) is 17.4. The van der Waals surface area contributed by atoms with E-state index in [2.05, 4.69) is 71.5 Å². The van der Waals surface area contributed by atoms with Crippen molar-refractivity contribution in [2.45, 2.75) is 57.7 Å². The standard InChI is InChI=1S/C49H67FN8O6/c1-36-32-57(34-46(59)58-35-49(3,4)47-45(58)29-39(30-54-47)28-38-6-12-42(50)13-7-38)44(31-53-36)33-56(5)19-21-62-23-25-64-27-26-63-24-22-61-20-18-52-37(2)40-8-10-41(11-9-40)48(60)55-43-14-16-51-17-15-43/h6-17,29-30,36-37,44,52-53H,18-28,31-35H2,1-5H3,(H,51,55,60)/t36-,37-,44-/m1/s1. The molecule has 1 fully saturated rings. The molecule has 6 rings (SSSR count). The van der Waals surface area contributed by atoms with Gasteiger partial charge in [0.15, 0.2) is 0 Å². The van der Waals surface area contributed by atoms with Crippen LogP contribution in [0.25, 0.3) is 0 Å². The quantitative estimate of drug-likeness (QED) is 0.0764. The Morgan fingerprint density at radius 3 is 2.25 bits per heavy atom. The van der Waals surface area contributed by atoms with Crippen LogP contribution in [0.4, 0.5) is 15.8 Å². The van der Waals surface area contributed by atoms with E-state index < -0.39 is 0 Å². The minimum atomic E-state index is -0.258. The minimum Gasteiger partial charge on any atom is -0.378 e. The molecule has 2 aliphatic heterocycles. The van der Waals surface area contributed by atoms with Crippen molar-refractivity contribution in [1.82, 2.24) is 30.4 Å². The molecular formula is C49H67FN8O6. The van der Waals surface area contributed by atoms with E-state index in [1.165, 1.54) is 12.1 Å². The lowest BCUT2D eigenvalue weighted by atomic mass is 9.91. The molecule has 0 spiro atoms. The van der Waals surface area contributed by atoms with Crippen LogP contribution in [0.1, 0.15) is 66.5 Å². The number of rotatable bonds is 25. The van der Waals surface area contributed by atoms with Gasteiger partial charge in [-0.3, -0.25) is 24.5 Å². The van der Waals surface area contributed by atoms with Gasteiger partial charge in [-0.1, -0.05) is 38.1 Å². The molecule has 0 radical (unpaired) electrons. The number of likely N-dealkylation sites (N-methyl/N-ethyl adjacent to an activating group) is 1. The molecule has 0 aliphatic carbocycles. The summed E-state index contributed by atoms with van der Waals surface area (Å²) in [7, 11) is 2.10. The fourth-order valence-corrected chi connectivity index (χ4v) is 8.06. The van der Waals surface area contributed by atoms with Crippen LogP contribution in [0.15, 0.2) is 85.3 Å². The van der Waals surface area contributed by atoms with E-state index in [0.29, 0.717) is 90.2 Å². The Balaban J connectivity index is 0.788. The van der Waals surface area contributed by atoms with Gasteiger partial charge in [-0.2, -0.15) is 0 Å². The van der Waals surface area contributed by atoms with Crippen molar-refractivity contribution in [2.24, 2.45) is 0 Å². The number of piperazine rings is 1. The monoisotopic (exact) mass is 883 g/mol. The first kappa shape index (κ1) is 48.7. The SMILES string of the molecule is C[C@@H]1CN(CC(=O)N2CC(C)(C)c3ncc(Cc4ccc(F)cc4)cc32)[C@@H](CN(C)CCOCCOCCOCCOCCN[C@H](C)c2ccc(C(=O)Nc3ccncc3)cc2)CN1. The van der Waals surface area contributed by atoms with E-state index >= 15 is 0 Å². The Kier molecular flexibility index (Phi) is 18.7. The number of pyridine rings is 2. The molecule has 1 saturated heterocycles. The van der Waals surface area contributed by atoms with Gasteiger partial charge in [-0.05, 0) is 86.5 Å². The molecule has 346 valence electrons. The normalized spacial score (nSPS) is 17.7. The van der Waals surface area contributed by atoms with Gasteiger partial charge in [0.1, 0.15) is 5.82 Å². The van der Waals surface area contributed by atoms with Gasteiger partial charge in [0.2, 0.25) is 5.91 Å². The molecule has 0 saturated carbocycles. The third-order valence-electron chi connectivity index (χ3n) is 11.7. The zero-order valence-electron chi connectivity index (χ0n) is 38.2. The summed E-state index contributed by atoms with van der Waals surface area (Å²) in [5.41, 5.74) is 5.95. The number of hydrogen-bond donors (Lipinski definition) is 3. The summed E-state index contributed by atoms with van der Waals surface area (Å²) in [4.78, 5) is 41.9. The zero-order chi connectivity index (χ0) is 45.3. The number of nitrogens with one attached hydrogen (secondary N) is 3. The van der Waals surface area contributed by atoms with Gasteiger partial charge < -0.3 is 44.7 Å². The molecule has 2 aliphatic rings. The lowest BCUT2D eigenvalue weighted by Gasteiger charge is -2.41. The Bertz CT molecular complexity index is 2040. The van der Waals surface area contributed by atoms with Gasteiger partial charge in [-0.25, -0.2) is 4.39 Å². The summed E-state index contributed by atoms with van der Waals surface area (Å²) >= 11 is 0. The van der Waals surface area contributed by atoms with Crippen molar-refractivity contribution < 1.29 is 32.9 Å². The van der Waals surface area contributed by atoms with Crippen molar-refractivity contribution in [1.29, 1.82) is 0 Å². The number of anilines is 2. The van der Waals surface area contributed by atoms with E-state index in [1.54, 1.807) is 36.7 Å². The Morgan fingerprint density at radius 2 is 1.56 bits per heavy atom. The first-order chi connectivity index (χ1) is 30.9. The summed E-state index contributed by atoms with van der Waals surface area (Å²) < 4.78 is 36.4.